The molecule has 0 bridgehead atoms. The van der Waals surface area contributed by atoms with Gasteiger partial charge in [-0.15, -0.1) is 0 Å². The van der Waals surface area contributed by atoms with Crippen LogP contribution < -0.4 is 5.32 Å². The summed E-state index contributed by atoms with van der Waals surface area (Å²) in [6.45, 7) is 3.28. The van der Waals surface area contributed by atoms with Crippen LogP contribution in [0.3, 0.4) is 0 Å². The largest absolute Gasteiger partial charge is 0.461 e. The van der Waals surface area contributed by atoms with Crippen molar-refractivity contribution in [2.24, 2.45) is 0 Å². The van der Waals surface area contributed by atoms with Crippen LogP contribution in [0, 0.1) is 0 Å². The SMILES string of the molecule is CCCCC(C(=O)NCCCCCN1C(=O)c2ccccc2C1=O)N(CCCCC(=O)OCc1ccccc1)C(=O)OCc1ccccc1. The van der Waals surface area contributed by atoms with E-state index in [1.807, 2.05) is 67.6 Å². The van der Waals surface area contributed by atoms with E-state index in [0.29, 0.717) is 62.7 Å². The number of carbonyl (C=O) groups excluding carboxylic acids is 5. The van der Waals surface area contributed by atoms with Crippen molar-refractivity contribution in [1.29, 1.82) is 0 Å². The first-order valence-electron chi connectivity index (χ1n) is 17.3. The average Bonchev–Trinajstić information content (AvgIpc) is 3.37. The summed E-state index contributed by atoms with van der Waals surface area (Å²) in [6, 6.07) is 24.9. The van der Waals surface area contributed by atoms with Crippen LogP contribution in [-0.2, 0) is 32.3 Å². The topological polar surface area (TPSA) is 122 Å². The zero-order valence-electron chi connectivity index (χ0n) is 28.3. The summed E-state index contributed by atoms with van der Waals surface area (Å²) < 4.78 is 11.1. The summed E-state index contributed by atoms with van der Waals surface area (Å²) in [5.74, 6) is -1.11. The highest BCUT2D eigenvalue weighted by Gasteiger charge is 2.34. The molecule has 4 rings (SSSR count). The zero-order valence-corrected chi connectivity index (χ0v) is 28.3. The highest BCUT2D eigenvalue weighted by atomic mass is 16.6. The van der Waals surface area contributed by atoms with E-state index in [9.17, 15) is 24.0 Å². The maximum atomic E-state index is 13.6. The van der Waals surface area contributed by atoms with Crippen LogP contribution >= 0.6 is 0 Å². The van der Waals surface area contributed by atoms with Crippen LogP contribution in [-0.4, -0.2) is 65.3 Å². The number of esters is 1. The minimum absolute atomic E-state index is 0.0806. The predicted octanol–water partition coefficient (Wildman–Crippen LogP) is 6.68. The second kappa shape index (κ2) is 19.7. The molecule has 0 fully saturated rings. The van der Waals surface area contributed by atoms with Crippen molar-refractivity contribution >= 4 is 29.8 Å². The summed E-state index contributed by atoms with van der Waals surface area (Å²) in [7, 11) is 0. The Morgan fingerprint density at radius 3 is 1.92 bits per heavy atom. The van der Waals surface area contributed by atoms with E-state index < -0.39 is 12.1 Å². The number of rotatable bonds is 20. The lowest BCUT2D eigenvalue weighted by atomic mass is 10.1. The molecule has 0 radical (unpaired) electrons. The van der Waals surface area contributed by atoms with Gasteiger partial charge in [-0.3, -0.25) is 29.0 Å². The Balaban J connectivity index is 1.27. The molecule has 1 N–H and O–H groups in total. The number of unbranched alkanes of at least 4 members (excludes halogenated alkanes) is 4. The molecule has 3 aromatic rings. The number of amides is 4. The second-order valence-corrected chi connectivity index (χ2v) is 12.2. The lowest BCUT2D eigenvalue weighted by Crippen LogP contribution is -2.50. The Labute approximate surface area is 288 Å². The van der Waals surface area contributed by atoms with Gasteiger partial charge in [0.15, 0.2) is 0 Å². The van der Waals surface area contributed by atoms with Crippen molar-refractivity contribution < 1.29 is 33.4 Å². The lowest BCUT2D eigenvalue weighted by molar-refractivity contribution is -0.145. The molecule has 0 saturated carbocycles. The van der Waals surface area contributed by atoms with E-state index in [4.69, 9.17) is 9.47 Å². The van der Waals surface area contributed by atoms with Crippen LogP contribution in [0.15, 0.2) is 84.9 Å². The van der Waals surface area contributed by atoms with Gasteiger partial charge in [0.1, 0.15) is 19.3 Å². The Hall–Kier alpha value is -4.99. The fourth-order valence-corrected chi connectivity index (χ4v) is 5.71. The average molecular weight is 670 g/mol. The van der Waals surface area contributed by atoms with Gasteiger partial charge in [-0.1, -0.05) is 92.6 Å². The first-order valence-corrected chi connectivity index (χ1v) is 17.3. The summed E-state index contributed by atoms with van der Waals surface area (Å²) >= 11 is 0. The Morgan fingerprint density at radius 2 is 1.31 bits per heavy atom. The fourth-order valence-electron chi connectivity index (χ4n) is 5.71. The summed E-state index contributed by atoms with van der Waals surface area (Å²) in [4.78, 5) is 67.4. The summed E-state index contributed by atoms with van der Waals surface area (Å²) in [6.07, 6.45) is 4.65. The number of hydrogen-bond donors (Lipinski definition) is 1. The first-order chi connectivity index (χ1) is 23.9. The molecule has 0 spiro atoms. The van der Waals surface area contributed by atoms with Crippen LogP contribution in [0.25, 0.3) is 0 Å². The number of carbonyl (C=O) groups is 5. The fraction of sp³-hybridized carbons (Fsp3) is 0.410. The molecule has 3 aromatic carbocycles. The Morgan fingerprint density at radius 1 is 0.714 bits per heavy atom. The number of imide groups is 1. The Kier molecular flexibility index (Phi) is 14.8. The molecule has 1 heterocycles. The van der Waals surface area contributed by atoms with E-state index in [2.05, 4.69) is 5.32 Å². The number of nitrogens with one attached hydrogen (secondary N) is 1. The van der Waals surface area contributed by atoms with Gasteiger partial charge in [-0.05, 0) is 61.8 Å². The van der Waals surface area contributed by atoms with Crippen LogP contribution in [0.5, 0.6) is 0 Å². The normalized spacial score (nSPS) is 12.7. The summed E-state index contributed by atoms with van der Waals surface area (Å²) in [5, 5.41) is 2.99. The molecule has 260 valence electrons. The van der Waals surface area contributed by atoms with Gasteiger partial charge in [-0.2, -0.15) is 0 Å². The summed E-state index contributed by atoms with van der Waals surface area (Å²) in [5.41, 5.74) is 2.63. The molecule has 4 amide bonds. The van der Waals surface area contributed by atoms with Crippen molar-refractivity contribution in [1.82, 2.24) is 15.1 Å². The van der Waals surface area contributed by atoms with E-state index in [-0.39, 0.29) is 49.9 Å². The van der Waals surface area contributed by atoms with Gasteiger partial charge in [0, 0.05) is 26.1 Å². The standard InChI is InChI=1S/C39H47N3O7/c1-2-3-23-34(36(44)40-25-14-6-15-27-42-37(45)32-21-11-12-22-33(32)38(42)46)41(39(47)49-29-31-19-9-5-10-20-31)26-16-13-24-35(43)48-28-30-17-7-4-8-18-30/h4-5,7-12,17-22,34H,2-3,6,13-16,23-29H2,1H3,(H,40,44). The third kappa shape index (κ3) is 11.3. The van der Waals surface area contributed by atoms with Crippen LogP contribution in [0.2, 0.25) is 0 Å². The first kappa shape index (κ1) is 36.8. The minimum atomic E-state index is -0.730. The molecular weight excluding hydrogens is 622 g/mol. The van der Waals surface area contributed by atoms with E-state index in [1.165, 1.54) is 9.80 Å². The van der Waals surface area contributed by atoms with Gasteiger partial charge >= 0.3 is 12.1 Å². The smallest absolute Gasteiger partial charge is 0.410 e. The monoisotopic (exact) mass is 669 g/mol. The highest BCUT2D eigenvalue weighted by molar-refractivity contribution is 6.21. The number of ether oxygens (including phenoxy) is 2. The van der Waals surface area contributed by atoms with Crippen molar-refractivity contribution in [2.75, 3.05) is 19.6 Å². The molecule has 0 aromatic heterocycles. The maximum Gasteiger partial charge on any atom is 0.410 e. The third-order valence-corrected chi connectivity index (χ3v) is 8.46. The quantitative estimate of drug-likeness (QED) is 0.0809. The van der Waals surface area contributed by atoms with Gasteiger partial charge in [0.05, 0.1) is 11.1 Å². The van der Waals surface area contributed by atoms with E-state index >= 15 is 0 Å². The molecule has 10 heteroatoms. The molecule has 0 aliphatic carbocycles. The van der Waals surface area contributed by atoms with Gasteiger partial charge in [-0.25, -0.2) is 4.79 Å². The van der Waals surface area contributed by atoms with Gasteiger partial charge < -0.3 is 14.8 Å². The zero-order chi connectivity index (χ0) is 34.8. The number of nitrogens with zero attached hydrogens (tertiary/aromatic N) is 2. The van der Waals surface area contributed by atoms with Gasteiger partial charge in [0.2, 0.25) is 5.91 Å². The molecule has 1 aliphatic rings. The maximum absolute atomic E-state index is 13.6. The molecular formula is C39H47N3O7. The molecule has 1 aliphatic heterocycles. The van der Waals surface area contributed by atoms with Crippen LogP contribution in [0.4, 0.5) is 4.79 Å². The molecule has 10 nitrogen and oxygen atoms in total. The van der Waals surface area contributed by atoms with E-state index in [0.717, 1.165) is 24.0 Å². The van der Waals surface area contributed by atoms with Crippen molar-refractivity contribution in [3.63, 3.8) is 0 Å². The predicted molar refractivity (Wildman–Crippen MR) is 185 cm³/mol. The van der Waals surface area contributed by atoms with Crippen molar-refractivity contribution in [3.8, 4) is 0 Å². The molecule has 49 heavy (non-hydrogen) atoms. The number of benzene rings is 3. The Bertz CT molecular complexity index is 1490. The highest BCUT2D eigenvalue weighted by Crippen LogP contribution is 2.23. The molecule has 0 saturated heterocycles. The van der Waals surface area contributed by atoms with E-state index in [1.54, 1.807) is 24.3 Å². The minimum Gasteiger partial charge on any atom is -0.461 e. The molecule has 1 atom stereocenters. The van der Waals surface area contributed by atoms with Crippen molar-refractivity contribution in [2.45, 2.75) is 84.0 Å². The third-order valence-electron chi connectivity index (χ3n) is 8.46. The lowest BCUT2D eigenvalue weighted by Gasteiger charge is -2.30. The van der Waals surface area contributed by atoms with Crippen molar-refractivity contribution in [3.05, 3.63) is 107 Å². The number of fused-ring (bicyclic) bond motifs is 1. The second-order valence-electron chi connectivity index (χ2n) is 12.2. The molecule has 1 unspecified atom stereocenters. The van der Waals surface area contributed by atoms with Crippen LogP contribution in [0.1, 0.15) is 96.6 Å². The number of hydrogen-bond acceptors (Lipinski definition) is 7. The van der Waals surface area contributed by atoms with Gasteiger partial charge in [0.25, 0.3) is 11.8 Å².